The molecule has 0 bridgehead atoms. The Morgan fingerprint density at radius 3 is 3.00 bits per heavy atom. The molecule has 2 N–H and O–H groups in total. The molecule has 0 aliphatic carbocycles. The average molecular weight is 413 g/mol. The summed E-state index contributed by atoms with van der Waals surface area (Å²) in [6.07, 6.45) is 0.553. The van der Waals surface area contributed by atoms with Gasteiger partial charge in [-0.25, -0.2) is 0 Å². The standard InChI is InChI=1S/C13H17IN2OS.ClH/c1-9-2-3-10(6-12(9)14)16-13(17)7-11-8-18-5-4-15-11;/h2-3,6,11,15H,4-5,7-8H2,1H3,(H,16,17);1H. The molecule has 3 nitrogen and oxygen atoms in total. The maximum Gasteiger partial charge on any atom is 0.225 e. The van der Waals surface area contributed by atoms with Crippen molar-refractivity contribution in [3.8, 4) is 0 Å². The van der Waals surface area contributed by atoms with Crippen LogP contribution in [-0.4, -0.2) is 30.0 Å². The Hall–Kier alpha value is 0.0200. The van der Waals surface area contributed by atoms with Gasteiger partial charge in [-0.05, 0) is 47.2 Å². The van der Waals surface area contributed by atoms with Gasteiger partial charge in [0.1, 0.15) is 0 Å². The molecule has 1 unspecified atom stereocenters. The van der Waals surface area contributed by atoms with E-state index in [4.69, 9.17) is 0 Å². The van der Waals surface area contributed by atoms with Gasteiger partial charge >= 0.3 is 0 Å². The van der Waals surface area contributed by atoms with Gasteiger partial charge in [0.25, 0.3) is 0 Å². The monoisotopic (exact) mass is 412 g/mol. The van der Waals surface area contributed by atoms with Crippen LogP contribution in [0.2, 0.25) is 0 Å². The van der Waals surface area contributed by atoms with Crippen LogP contribution in [0, 0.1) is 10.5 Å². The van der Waals surface area contributed by atoms with Gasteiger partial charge in [0, 0.05) is 39.8 Å². The van der Waals surface area contributed by atoms with Gasteiger partial charge in [0.2, 0.25) is 5.91 Å². The summed E-state index contributed by atoms with van der Waals surface area (Å²) in [6.45, 7) is 3.07. The molecule has 1 saturated heterocycles. The number of carbonyl (C=O) groups is 1. The summed E-state index contributed by atoms with van der Waals surface area (Å²) in [6, 6.07) is 6.31. The van der Waals surface area contributed by atoms with Crippen molar-refractivity contribution >= 4 is 58.4 Å². The molecule has 1 aliphatic rings. The first kappa shape index (κ1) is 17.1. The number of anilines is 1. The van der Waals surface area contributed by atoms with E-state index in [1.54, 1.807) is 0 Å². The maximum absolute atomic E-state index is 11.9. The van der Waals surface area contributed by atoms with Crippen LogP contribution in [0.15, 0.2) is 18.2 Å². The highest BCUT2D eigenvalue weighted by Crippen LogP contribution is 2.18. The van der Waals surface area contributed by atoms with Crippen LogP contribution < -0.4 is 10.6 Å². The number of hydrogen-bond acceptors (Lipinski definition) is 3. The number of hydrogen-bond donors (Lipinski definition) is 2. The summed E-state index contributed by atoms with van der Waals surface area (Å²) in [4.78, 5) is 11.9. The Morgan fingerprint density at radius 2 is 2.37 bits per heavy atom. The smallest absolute Gasteiger partial charge is 0.225 e. The molecule has 0 aromatic heterocycles. The van der Waals surface area contributed by atoms with Crippen molar-refractivity contribution in [3.05, 3.63) is 27.3 Å². The molecule has 1 aliphatic heterocycles. The summed E-state index contributed by atoms with van der Waals surface area (Å²) in [7, 11) is 0. The van der Waals surface area contributed by atoms with Crippen LogP contribution in [0.3, 0.4) is 0 Å². The molecule has 6 heteroatoms. The minimum absolute atomic E-state index is 0. The molecule has 0 spiro atoms. The molecule has 1 amide bonds. The van der Waals surface area contributed by atoms with E-state index >= 15 is 0 Å². The average Bonchev–Trinajstić information content (AvgIpc) is 2.35. The Labute approximate surface area is 138 Å². The fraction of sp³-hybridized carbons (Fsp3) is 0.462. The van der Waals surface area contributed by atoms with Gasteiger partial charge < -0.3 is 10.6 Å². The Bertz CT molecular complexity index is 439. The third kappa shape index (κ3) is 5.49. The van der Waals surface area contributed by atoms with Gasteiger partial charge in [0.05, 0.1) is 0 Å². The summed E-state index contributed by atoms with van der Waals surface area (Å²) in [5, 5.41) is 6.34. The van der Waals surface area contributed by atoms with Crippen molar-refractivity contribution in [2.24, 2.45) is 0 Å². The Balaban J connectivity index is 0.00000180. The fourth-order valence-electron chi connectivity index (χ4n) is 1.86. The van der Waals surface area contributed by atoms with E-state index < -0.39 is 0 Å². The zero-order chi connectivity index (χ0) is 13.0. The van der Waals surface area contributed by atoms with Gasteiger partial charge in [-0.2, -0.15) is 11.8 Å². The lowest BCUT2D eigenvalue weighted by molar-refractivity contribution is -0.116. The van der Waals surface area contributed by atoms with Crippen molar-refractivity contribution in [1.82, 2.24) is 5.32 Å². The summed E-state index contributed by atoms with van der Waals surface area (Å²) < 4.78 is 1.18. The number of rotatable bonds is 3. The van der Waals surface area contributed by atoms with Gasteiger partial charge in [-0.3, -0.25) is 4.79 Å². The summed E-state index contributed by atoms with van der Waals surface area (Å²) in [5.41, 5.74) is 2.12. The normalized spacial score (nSPS) is 18.5. The maximum atomic E-state index is 11.9. The third-order valence-electron chi connectivity index (χ3n) is 2.89. The number of halogens is 2. The molecule has 1 aromatic rings. The van der Waals surface area contributed by atoms with E-state index in [0.29, 0.717) is 12.5 Å². The highest BCUT2D eigenvalue weighted by atomic mass is 127. The quantitative estimate of drug-likeness (QED) is 0.750. The molecule has 1 aromatic carbocycles. The van der Waals surface area contributed by atoms with Crippen LogP contribution in [0.4, 0.5) is 5.69 Å². The molecule has 19 heavy (non-hydrogen) atoms. The lowest BCUT2D eigenvalue weighted by Gasteiger charge is -2.22. The van der Waals surface area contributed by atoms with Crippen LogP contribution in [0.5, 0.6) is 0 Å². The number of carbonyl (C=O) groups excluding carboxylic acids is 1. The first-order valence-electron chi connectivity index (χ1n) is 6.02. The second-order valence-corrected chi connectivity index (χ2v) is 6.75. The van der Waals surface area contributed by atoms with E-state index in [0.717, 1.165) is 23.7 Å². The van der Waals surface area contributed by atoms with Gasteiger partial charge in [0.15, 0.2) is 0 Å². The minimum atomic E-state index is 0. The lowest BCUT2D eigenvalue weighted by Crippen LogP contribution is -2.39. The lowest BCUT2D eigenvalue weighted by atomic mass is 10.2. The number of thioether (sulfide) groups is 1. The van der Waals surface area contributed by atoms with E-state index in [1.807, 2.05) is 30.0 Å². The highest BCUT2D eigenvalue weighted by molar-refractivity contribution is 14.1. The molecule has 2 rings (SSSR count). The van der Waals surface area contributed by atoms with Crippen molar-refractivity contribution in [2.75, 3.05) is 23.4 Å². The SMILES string of the molecule is Cc1ccc(NC(=O)CC2CSCCN2)cc1I.Cl. The van der Waals surface area contributed by atoms with Crippen molar-refractivity contribution in [1.29, 1.82) is 0 Å². The van der Waals surface area contributed by atoms with Crippen LogP contribution in [0.25, 0.3) is 0 Å². The molecule has 1 atom stereocenters. The van der Waals surface area contributed by atoms with E-state index in [9.17, 15) is 4.79 Å². The highest BCUT2D eigenvalue weighted by Gasteiger charge is 2.16. The predicted molar refractivity (Wildman–Crippen MR) is 93.5 cm³/mol. The zero-order valence-electron chi connectivity index (χ0n) is 10.7. The van der Waals surface area contributed by atoms with Gasteiger partial charge in [-0.15, -0.1) is 12.4 Å². The molecule has 0 saturated carbocycles. The number of benzene rings is 1. The molecule has 1 fully saturated rings. The summed E-state index contributed by atoms with van der Waals surface area (Å²) >= 11 is 4.20. The second kappa shape index (κ2) is 8.34. The molecular weight excluding hydrogens is 395 g/mol. The molecule has 106 valence electrons. The Morgan fingerprint density at radius 1 is 1.58 bits per heavy atom. The molecular formula is C13H18ClIN2OS. The first-order chi connectivity index (χ1) is 8.65. The van der Waals surface area contributed by atoms with Crippen molar-refractivity contribution < 1.29 is 4.79 Å². The van der Waals surface area contributed by atoms with E-state index in [1.165, 1.54) is 9.13 Å². The molecule has 1 heterocycles. The minimum Gasteiger partial charge on any atom is -0.326 e. The van der Waals surface area contributed by atoms with Gasteiger partial charge in [-0.1, -0.05) is 6.07 Å². The number of amides is 1. The van der Waals surface area contributed by atoms with Crippen molar-refractivity contribution in [3.63, 3.8) is 0 Å². The van der Waals surface area contributed by atoms with Crippen LogP contribution in [-0.2, 0) is 4.79 Å². The topological polar surface area (TPSA) is 41.1 Å². The Kier molecular flexibility index (Phi) is 7.49. The predicted octanol–water partition coefficient (Wildman–Crippen LogP) is 3.06. The van der Waals surface area contributed by atoms with E-state index in [-0.39, 0.29) is 18.3 Å². The number of aryl methyl sites for hydroxylation is 1. The van der Waals surface area contributed by atoms with E-state index in [2.05, 4.69) is 40.1 Å². The first-order valence-corrected chi connectivity index (χ1v) is 8.25. The van der Waals surface area contributed by atoms with Crippen molar-refractivity contribution in [2.45, 2.75) is 19.4 Å². The molecule has 0 radical (unpaired) electrons. The van der Waals surface area contributed by atoms with Crippen LogP contribution in [0.1, 0.15) is 12.0 Å². The zero-order valence-corrected chi connectivity index (χ0v) is 14.5. The fourth-order valence-corrected chi connectivity index (χ4v) is 3.32. The number of nitrogens with one attached hydrogen (secondary N) is 2. The van der Waals surface area contributed by atoms with Crippen LogP contribution >= 0.6 is 46.8 Å². The summed E-state index contributed by atoms with van der Waals surface area (Å²) in [5.74, 6) is 2.27. The third-order valence-corrected chi connectivity index (χ3v) is 5.18. The second-order valence-electron chi connectivity index (χ2n) is 4.44. The largest absolute Gasteiger partial charge is 0.326 e.